The van der Waals surface area contributed by atoms with Gasteiger partial charge in [0.15, 0.2) is 5.69 Å². The van der Waals surface area contributed by atoms with E-state index in [-0.39, 0.29) is 22.6 Å². The Labute approximate surface area is 116 Å². The monoisotopic (exact) mass is 298 g/mol. The highest BCUT2D eigenvalue weighted by molar-refractivity contribution is 5.88. The summed E-state index contributed by atoms with van der Waals surface area (Å²) in [6.45, 7) is 0. The first-order chi connectivity index (χ1) is 9.78. The van der Waals surface area contributed by atoms with Gasteiger partial charge in [-0.3, -0.25) is 0 Å². The highest BCUT2D eigenvalue weighted by Gasteiger charge is 2.32. The molecule has 0 bridgehead atoms. The van der Waals surface area contributed by atoms with Gasteiger partial charge in [-0.2, -0.15) is 0 Å². The van der Waals surface area contributed by atoms with Gasteiger partial charge in [-0.25, -0.2) is 9.78 Å². The van der Waals surface area contributed by atoms with Crippen molar-refractivity contribution in [1.82, 2.24) is 4.98 Å². The van der Waals surface area contributed by atoms with Crippen molar-refractivity contribution in [3.63, 3.8) is 0 Å². The first-order valence-corrected chi connectivity index (χ1v) is 5.63. The summed E-state index contributed by atoms with van der Waals surface area (Å²) in [7, 11) is 0. The van der Waals surface area contributed by atoms with Gasteiger partial charge in [-0.05, 0) is 18.2 Å². The van der Waals surface area contributed by atoms with Crippen LogP contribution in [0.25, 0.3) is 11.1 Å². The molecule has 1 heterocycles. The maximum absolute atomic E-state index is 12.4. The summed E-state index contributed by atoms with van der Waals surface area (Å²) < 4.78 is 41.0. The normalized spacial score (nSPS) is 11.2. The number of anilines is 1. The fraction of sp³-hybridized carbons (Fsp3) is 0.0769. The molecule has 0 amide bonds. The molecule has 21 heavy (non-hydrogen) atoms. The Kier molecular flexibility index (Phi) is 3.70. The van der Waals surface area contributed by atoms with Crippen molar-refractivity contribution in [2.45, 2.75) is 6.36 Å². The zero-order valence-electron chi connectivity index (χ0n) is 10.4. The number of nitrogens with two attached hydrogens (primary N) is 1. The van der Waals surface area contributed by atoms with Crippen molar-refractivity contribution in [3.05, 3.63) is 42.1 Å². The Morgan fingerprint density at radius 2 is 1.81 bits per heavy atom. The van der Waals surface area contributed by atoms with Crippen LogP contribution < -0.4 is 10.5 Å². The summed E-state index contributed by atoms with van der Waals surface area (Å²) in [5, 5.41) is 8.79. The molecule has 1 aromatic carbocycles. The molecule has 0 radical (unpaired) electrons. The van der Waals surface area contributed by atoms with Crippen molar-refractivity contribution in [3.8, 4) is 16.9 Å². The van der Waals surface area contributed by atoms with Gasteiger partial charge in [0.1, 0.15) is 11.6 Å². The Bertz CT molecular complexity index is 687. The molecule has 2 aromatic rings. The molecule has 0 spiro atoms. The lowest BCUT2D eigenvalue weighted by Gasteiger charge is -2.14. The lowest BCUT2D eigenvalue weighted by atomic mass is 10.1. The molecule has 0 aliphatic heterocycles. The van der Waals surface area contributed by atoms with Crippen LogP contribution in [0.1, 0.15) is 10.5 Å². The third-order valence-electron chi connectivity index (χ3n) is 2.55. The Balaban J connectivity index is 2.50. The number of hydrogen-bond donors (Lipinski definition) is 2. The molecule has 1 aromatic heterocycles. The molecule has 0 aliphatic carbocycles. The van der Waals surface area contributed by atoms with Crippen LogP contribution in [-0.2, 0) is 0 Å². The number of pyridine rings is 1. The number of benzene rings is 1. The number of carbonyl (C=O) groups is 1. The molecule has 5 nitrogen and oxygen atoms in total. The molecule has 2 rings (SSSR count). The van der Waals surface area contributed by atoms with Crippen molar-refractivity contribution in [1.29, 1.82) is 0 Å². The molecule has 0 saturated carbocycles. The SMILES string of the molecule is Nc1nc(C(=O)O)ccc1-c1ccccc1OC(F)(F)F. The third kappa shape index (κ3) is 3.41. The quantitative estimate of drug-likeness (QED) is 0.910. The van der Waals surface area contributed by atoms with Crippen LogP contribution >= 0.6 is 0 Å². The number of aromatic carboxylic acids is 1. The van der Waals surface area contributed by atoms with E-state index in [1.54, 1.807) is 0 Å². The number of carboxylic acids is 1. The van der Waals surface area contributed by atoms with Crippen LogP contribution in [0.5, 0.6) is 5.75 Å². The van der Waals surface area contributed by atoms with E-state index in [0.717, 1.165) is 12.1 Å². The molecule has 0 saturated heterocycles. The van der Waals surface area contributed by atoms with Crippen molar-refractivity contribution in [2.24, 2.45) is 0 Å². The predicted molar refractivity (Wildman–Crippen MR) is 67.7 cm³/mol. The van der Waals surface area contributed by atoms with Crippen LogP contribution in [0.15, 0.2) is 36.4 Å². The zero-order chi connectivity index (χ0) is 15.6. The van der Waals surface area contributed by atoms with Gasteiger partial charge in [-0.1, -0.05) is 18.2 Å². The van der Waals surface area contributed by atoms with E-state index in [9.17, 15) is 18.0 Å². The number of para-hydroxylation sites is 1. The van der Waals surface area contributed by atoms with Crippen LogP contribution in [0.3, 0.4) is 0 Å². The lowest BCUT2D eigenvalue weighted by molar-refractivity contribution is -0.274. The van der Waals surface area contributed by atoms with Gasteiger partial charge >= 0.3 is 12.3 Å². The summed E-state index contributed by atoms with van der Waals surface area (Å²) >= 11 is 0. The topological polar surface area (TPSA) is 85.4 Å². The maximum atomic E-state index is 12.4. The van der Waals surface area contributed by atoms with Crippen LogP contribution in [-0.4, -0.2) is 22.4 Å². The van der Waals surface area contributed by atoms with Crippen LogP contribution in [0.2, 0.25) is 0 Å². The van der Waals surface area contributed by atoms with E-state index in [4.69, 9.17) is 10.8 Å². The fourth-order valence-electron chi connectivity index (χ4n) is 1.72. The van der Waals surface area contributed by atoms with Crippen LogP contribution in [0.4, 0.5) is 19.0 Å². The summed E-state index contributed by atoms with van der Waals surface area (Å²) in [6, 6.07) is 7.81. The maximum Gasteiger partial charge on any atom is 0.573 e. The number of ether oxygens (including phenoxy) is 1. The molecular formula is C13H9F3N2O3. The number of aromatic nitrogens is 1. The molecule has 8 heteroatoms. The van der Waals surface area contributed by atoms with E-state index < -0.39 is 18.1 Å². The van der Waals surface area contributed by atoms with E-state index >= 15 is 0 Å². The Morgan fingerprint density at radius 1 is 1.14 bits per heavy atom. The second kappa shape index (κ2) is 5.31. The number of hydrogen-bond acceptors (Lipinski definition) is 4. The predicted octanol–water partition coefficient (Wildman–Crippen LogP) is 2.93. The smallest absolute Gasteiger partial charge is 0.477 e. The largest absolute Gasteiger partial charge is 0.573 e. The van der Waals surface area contributed by atoms with E-state index in [2.05, 4.69) is 9.72 Å². The van der Waals surface area contributed by atoms with Gasteiger partial charge in [0, 0.05) is 11.1 Å². The van der Waals surface area contributed by atoms with E-state index in [0.29, 0.717) is 0 Å². The first-order valence-electron chi connectivity index (χ1n) is 5.63. The van der Waals surface area contributed by atoms with Gasteiger partial charge in [0.2, 0.25) is 0 Å². The van der Waals surface area contributed by atoms with E-state index in [1.165, 1.54) is 24.3 Å². The second-order valence-electron chi connectivity index (χ2n) is 3.98. The number of rotatable bonds is 3. The molecule has 0 aliphatic rings. The molecular weight excluding hydrogens is 289 g/mol. The minimum Gasteiger partial charge on any atom is -0.477 e. The van der Waals surface area contributed by atoms with Crippen molar-refractivity contribution >= 4 is 11.8 Å². The third-order valence-corrected chi connectivity index (χ3v) is 2.55. The number of halogens is 3. The highest BCUT2D eigenvalue weighted by Crippen LogP contribution is 2.35. The molecule has 3 N–H and O–H groups in total. The average Bonchev–Trinajstić information content (AvgIpc) is 2.37. The summed E-state index contributed by atoms with van der Waals surface area (Å²) in [4.78, 5) is 14.4. The second-order valence-corrected chi connectivity index (χ2v) is 3.98. The molecule has 110 valence electrons. The molecule has 0 fully saturated rings. The first kappa shape index (κ1) is 14.6. The molecule has 0 atom stereocenters. The summed E-state index contributed by atoms with van der Waals surface area (Å²) in [6.07, 6.45) is -4.85. The summed E-state index contributed by atoms with van der Waals surface area (Å²) in [5.41, 5.74) is 5.53. The lowest BCUT2D eigenvalue weighted by Crippen LogP contribution is -2.17. The van der Waals surface area contributed by atoms with Crippen molar-refractivity contribution < 1.29 is 27.8 Å². The molecule has 0 unspecified atom stereocenters. The minimum atomic E-state index is -4.85. The number of carboxylic acid groups (broad SMARTS) is 1. The highest BCUT2D eigenvalue weighted by atomic mass is 19.4. The summed E-state index contributed by atoms with van der Waals surface area (Å²) in [5.74, 6) is -1.93. The van der Waals surface area contributed by atoms with Gasteiger partial charge < -0.3 is 15.6 Å². The number of alkyl halides is 3. The Hall–Kier alpha value is -2.77. The Morgan fingerprint density at radius 3 is 2.38 bits per heavy atom. The van der Waals surface area contributed by atoms with Gasteiger partial charge in [-0.15, -0.1) is 13.2 Å². The van der Waals surface area contributed by atoms with Crippen molar-refractivity contribution in [2.75, 3.05) is 5.73 Å². The van der Waals surface area contributed by atoms with Gasteiger partial charge in [0.25, 0.3) is 0 Å². The zero-order valence-corrected chi connectivity index (χ0v) is 10.4. The van der Waals surface area contributed by atoms with Crippen LogP contribution in [0, 0.1) is 0 Å². The standard InChI is InChI=1S/C13H9F3N2O3/c14-13(15,16)21-10-4-2-1-3-7(10)8-5-6-9(12(19)20)18-11(8)17/h1-6H,(H2,17,18)(H,19,20). The fourth-order valence-corrected chi connectivity index (χ4v) is 1.72. The number of nitrogen functional groups attached to an aromatic ring is 1. The number of nitrogens with zero attached hydrogens (tertiary/aromatic N) is 1. The van der Waals surface area contributed by atoms with Gasteiger partial charge in [0.05, 0.1) is 0 Å². The average molecular weight is 298 g/mol. The van der Waals surface area contributed by atoms with E-state index in [1.807, 2.05) is 0 Å². The minimum absolute atomic E-state index is 0.0664.